The van der Waals surface area contributed by atoms with Crippen LogP contribution in [0.4, 0.5) is 11.5 Å². The van der Waals surface area contributed by atoms with Gasteiger partial charge in [0.1, 0.15) is 5.82 Å². The van der Waals surface area contributed by atoms with Crippen LogP contribution in [0.3, 0.4) is 0 Å². The number of rotatable bonds is 5. The van der Waals surface area contributed by atoms with Crippen molar-refractivity contribution in [2.75, 3.05) is 24.3 Å². The number of carbonyl (C=O) groups is 1. The third-order valence-electron chi connectivity index (χ3n) is 7.32. The van der Waals surface area contributed by atoms with E-state index < -0.39 is 0 Å². The number of aromatic nitrogens is 1. The topological polar surface area (TPSA) is 57.3 Å². The smallest absolute Gasteiger partial charge is 0.223 e. The molecular weight excluding hydrogens is 408 g/mol. The van der Waals surface area contributed by atoms with E-state index >= 15 is 0 Å². The predicted octanol–water partition coefficient (Wildman–Crippen LogP) is 4.95. The minimum atomic E-state index is 0.113. The second-order valence-corrected chi connectivity index (χ2v) is 9.85. The summed E-state index contributed by atoms with van der Waals surface area (Å²) >= 11 is 0. The molecular formula is C28H34N4O. The summed E-state index contributed by atoms with van der Waals surface area (Å²) in [6, 6.07) is 19.7. The van der Waals surface area contributed by atoms with E-state index in [2.05, 4.69) is 78.2 Å². The van der Waals surface area contributed by atoms with Gasteiger partial charge in [-0.2, -0.15) is 0 Å². The highest BCUT2D eigenvalue weighted by atomic mass is 16.1. The Kier molecular flexibility index (Phi) is 6.21. The number of carbonyl (C=O) groups excluding carboxylic acids is 1. The van der Waals surface area contributed by atoms with Crippen LogP contribution in [-0.2, 0) is 17.6 Å². The summed E-state index contributed by atoms with van der Waals surface area (Å²) in [6.45, 7) is 0. The highest BCUT2D eigenvalue weighted by molar-refractivity contribution is 5.93. The molecule has 2 aliphatic rings. The summed E-state index contributed by atoms with van der Waals surface area (Å²) in [5.74, 6) is 1.29. The van der Waals surface area contributed by atoms with Crippen molar-refractivity contribution in [2.45, 2.75) is 57.0 Å². The highest BCUT2D eigenvalue weighted by Gasteiger charge is 2.28. The fourth-order valence-electron chi connectivity index (χ4n) is 5.43. The Morgan fingerprint density at radius 3 is 2.39 bits per heavy atom. The lowest BCUT2D eigenvalue weighted by molar-refractivity contribution is -0.126. The lowest BCUT2D eigenvalue weighted by Crippen LogP contribution is -2.43. The molecule has 3 aromatic rings. The van der Waals surface area contributed by atoms with Gasteiger partial charge in [0, 0.05) is 49.2 Å². The van der Waals surface area contributed by atoms with Crippen molar-refractivity contribution < 1.29 is 4.79 Å². The van der Waals surface area contributed by atoms with Crippen molar-refractivity contribution in [3.8, 4) is 0 Å². The number of fused-ring (bicyclic) bond motifs is 2. The van der Waals surface area contributed by atoms with Crippen LogP contribution in [0.2, 0.25) is 0 Å². The molecule has 1 unspecified atom stereocenters. The molecule has 2 N–H and O–H groups in total. The number of amides is 1. The van der Waals surface area contributed by atoms with Crippen molar-refractivity contribution in [2.24, 2.45) is 5.92 Å². The Balaban J connectivity index is 1.16. The Hall–Kier alpha value is -3.08. The molecule has 1 saturated carbocycles. The number of benzene rings is 2. The van der Waals surface area contributed by atoms with E-state index in [1.807, 2.05) is 6.07 Å². The Morgan fingerprint density at radius 1 is 0.909 bits per heavy atom. The lowest BCUT2D eigenvalue weighted by Gasteiger charge is -2.32. The maximum Gasteiger partial charge on any atom is 0.223 e. The molecule has 5 heteroatoms. The Morgan fingerprint density at radius 2 is 1.61 bits per heavy atom. The van der Waals surface area contributed by atoms with Gasteiger partial charge in [-0.15, -0.1) is 0 Å². The fourth-order valence-corrected chi connectivity index (χ4v) is 5.43. The van der Waals surface area contributed by atoms with E-state index in [0.29, 0.717) is 6.04 Å². The number of para-hydroxylation sites is 1. The maximum absolute atomic E-state index is 12.9. The quantitative estimate of drug-likeness (QED) is 0.587. The average Bonchev–Trinajstić information content (AvgIpc) is 2.84. The molecule has 1 fully saturated rings. The summed E-state index contributed by atoms with van der Waals surface area (Å²) in [6.07, 6.45) is 6.97. The molecule has 1 aromatic heterocycles. The van der Waals surface area contributed by atoms with Crippen molar-refractivity contribution in [3.63, 3.8) is 0 Å². The number of anilines is 2. The first-order chi connectivity index (χ1) is 16.1. The molecule has 0 bridgehead atoms. The molecule has 0 aliphatic heterocycles. The van der Waals surface area contributed by atoms with E-state index in [1.165, 1.54) is 22.2 Å². The van der Waals surface area contributed by atoms with Gasteiger partial charge in [-0.25, -0.2) is 4.98 Å². The van der Waals surface area contributed by atoms with Crippen LogP contribution in [0.5, 0.6) is 0 Å². The molecule has 1 heterocycles. The molecule has 2 aliphatic carbocycles. The zero-order valence-corrected chi connectivity index (χ0v) is 19.7. The van der Waals surface area contributed by atoms with Gasteiger partial charge in [-0.05, 0) is 62.1 Å². The molecule has 1 atom stereocenters. The van der Waals surface area contributed by atoms with Crippen LogP contribution < -0.4 is 15.5 Å². The Labute approximate surface area is 196 Å². The number of pyridine rings is 1. The zero-order valence-electron chi connectivity index (χ0n) is 19.7. The van der Waals surface area contributed by atoms with Crippen molar-refractivity contribution in [3.05, 3.63) is 65.7 Å². The minimum Gasteiger partial charge on any atom is -0.377 e. The van der Waals surface area contributed by atoms with E-state index in [4.69, 9.17) is 4.98 Å². The van der Waals surface area contributed by atoms with Gasteiger partial charge >= 0.3 is 0 Å². The van der Waals surface area contributed by atoms with E-state index in [1.54, 1.807) is 0 Å². The number of nitrogens with one attached hydrogen (secondary N) is 2. The molecule has 2 aromatic carbocycles. The third-order valence-corrected chi connectivity index (χ3v) is 7.32. The molecule has 0 spiro atoms. The normalized spacial score (nSPS) is 22.4. The summed E-state index contributed by atoms with van der Waals surface area (Å²) in [7, 11) is 4.15. The summed E-state index contributed by atoms with van der Waals surface area (Å²) < 4.78 is 0. The minimum absolute atomic E-state index is 0.113. The van der Waals surface area contributed by atoms with Gasteiger partial charge in [0.25, 0.3) is 0 Å². The van der Waals surface area contributed by atoms with Crippen LogP contribution in [0, 0.1) is 5.92 Å². The van der Waals surface area contributed by atoms with Crippen LogP contribution in [0.15, 0.2) is 54.6 Å². The van der Waals surface area contributed by atoms with Gasteiger partial charge in [0.05, 0.1) is 5.52 Å². The number of hydrogen-bond acceptors (Lipinski definition) is 4. The first kappa shape index (κ1) is 21.7. The number of nitrogens with zero attached hydrogens (tertiary/aromatic N) is 2. The third kappa shape index (κ3) is 4.82. The molecule has 33 heavy (non-hydrogen) atoms. The first-order valence-electron chi connectivity index (χ1n) is 12.3. The van der Waals surface area contributed by atoms with Gasteiger partial charge in [0.15, 0.2) is 0 Å². The van der Waals surface area contributed by atoms with Gasteiger partial charge < -0.3 is 15.5 Å². The van der Waals surface area contributed by atoms with Crippen molar-refractivity contribution in [1.29, 1.82) is 0 Å². The first-order valence-corrected chi connectivity index (χ1v) is 12.3. The van der Waals surface area contributed by atoms with Crippen molar-refractivity contribution >= 4 is 28.3 Å². The van der Waals surface area contributed by atoms with Gasteiger partial charge in [-0.1, -0.05) is 42.5 Å². The fraction of sp³-hybridized carbons (Fsp3) is 0.429. The number of hydrogen-bond donors (Lipinski definition) is 2. The largest absolute Gasteiger partial charge is 0.377 e. The maximum atomic E-state index is 12.9. The second-order valence-electron chi connectivity index (χ2n) is 9.85. The predicted molar refractivity (Wildman–Crippen MR) is 136 cm³/mol. The summed E-state index contributed by atoms with van der Waals surface area (Å²) in [5.41, 5.74) is 4.95. The molecule has 172 valence electrons. The SMILES string of the molecule is CN(C)c1cc(NC2CCC(NC(=O)C3CCc4ccccc4C3)CC2)nc2ccccc12. The Bertz CT molecular complexity index is 1130. The molecule has 1 amide bonds. The molecule has 0 radical (unpaired) electrons. The molecule has 0 saturated heterocycles. The molecule has 5 nitrogen and oxygen atoms in total. The van der Waals surface area contributed by atoms with E-state index in [0.717, 1.165) is 56.3 Å². The average molecular weight is 443 g/mol. The monoisotopic (exact) mass is 442 g/mol. The van der Waals surface area contributed by atoms with E-state index in [-0.39, 0.29) is 17.9 Å². The summed E-state index contributed by atoms with van der Waals surface area (Å²) in [4.78, 5) is 19.9. The standard InChI is InChI=1S/C28H34N4O/c1-32(2)26-18-27(31-25-10-6-5-9-24(25)26)29-22-13-15-23(16-14-22)30-28(33)21-12-11-19-7-3-4-8-20(19)17-21/h3-10,18,21-23H,11-17H2,1-2H3,(H,29,31)(H,30,33). The van der Waals surface area contributed by atoms with E-state index in [9.17, 15) is 4.79 Å². The summed E-state index contributed by atoms with van der Waals surface area (Å²) in [5, 5.41) is 8.20. The van der Waals surface area contributed by atoms with Crippen LogP contribution in [0.25, 0.3) is 10.9 Å². The second kappa shape index (κ2) is 9.42. The van der Waals surface area contributed by atoms with Crippen LogP contribution >= 0.6 is 0 Å². The van der Waals surface area contributed by atoms with Gasteiger partial charge in [-0.3, -0.25) is 4.79 Å². The van der Waals surface area contributed by atoms with Crippen LogP contribution in [0.1, 0.15) is 43.2 Å². The number of aryl methyl sites for hydroxylation is 1. The molecule has 5 rings (SSSR count). The van der Waals surface area contributed by atoms with Crippen molar-refractivity contribution in [1.82, 2.24) is 10.3 Å². The van der Waals surface area contributed by atoms with Crippen LogP contribution in [-0.4, -0.2) is 37.1 Å². The van der Waals surface area contributed by atoms with Gasteiger partial charge in [0.2, 0.25) is 5.91 Å². The lowest BCUT2D eigenvalue weighted by atomic mass is 9.83. The zero-order chi connectivity index (χ0) is 22.8. The highest BCUT2D eigenvalue weighted by Crippen LogP contribution is 2.30.